The summed E-state index contributed by atoms with van der Waals surface area (Å²) in [5.74, 6) is 0.558. The Morgan fingerprint density at radius 3 is 2.78 bits per heavy atom. The quantitative estimate of drug-likeness (QED) is 0.924. The summed E-state index contributed by atoms with van der Waals surface area (Å²) in [5.41, 5.74) is 7.29. The van der Waals surface area contributed by atoms with Gasteiger partial charge in [0.1, 0.15) is 11.6 Å². The first kappa shape index (κ1) is 13.1. The Morgan fingerprint density at radius 2 is 2.17 bits per heavy atom. The fraction of sp³-hybridized carbons (Fsp3) is 0.308. The number of aryl methyl sites for hydroxylation is 2. The molecular formula is C13H15FN2OS. The lowest BCUT2D eigenvalue weighted by molar-refractivity contribution is 0.431. The summed E-state index contributed by atoms with van der Waals surface area (Å²) in [6.45, 7) is 4.26. The van der Waals surface area contributed by atoms with Crippen LogP contribution in [0.1, 0.15) is 17.0 Å². The van der Waals surface area contributed by atoms with E-state index in [1.165, 1.54) is 23.9 Å². The number of oxazole rings is 1. The minimum absolute atomic E-state index is 0.248. The Labute approximate surface area is 110 Å². The molecule has 0 aliphatic carbocycles. The molecule has 1 aromatic heterocycles. The lowest BCUT2D eigenvalue weighted by atomic mass is 10.1. The molecule has 0 spiro atoms. The van der Waals surface area contributed by atoms with Gasteiger partial charge >= 0.3 is 0 Å². The lowest BCUT2D eigenvalue weighted by Gasteiger charge is -2.06. The van der Waals surface area contributed by atoms with Crippen molar-refractivity contribution >= 4 is 11.8 Å². The first-order valence-electron chi connectivity index (χ1n) is 5.70. The number of halogens is 1. The van der Waals surface area contributed by atoms with Crippen LogP contribution in [0.25, 0.3) is 0 Å². The van der Waals surface area contributed by atoms with Gasteiger partial charge in [-0.1, -0.05) is 0 Å². The van der Waals surface area contributed by atoms with Crippen molar-refractivity contribution in [3.63, 3.8) is 0 Å². The van der Waals surface area contributed by atoms with E-state index in [9.17, 15) is 4.39 Å². The molecule has 2 rings (SSSR count). The fourth-order valence-electron chi connectivity index (χ4n) is 1.58. The molecule has 18 heavy (non-hydrogen) atoms. The maximum atomic E-state index is 13.2. The first-order valence-corrected chi connectivity index (χ1v) is 6.52. The van der Waals surface area contributed by atoms with E-state index in [1.807, 2.05) is 13.8 Å². The van der Waals surface area contributed by atoms with E-state index in [4.69, 9.17) is 10.2 Å². The van der Waals surface area contributed by atoms with Crippen LogP contribution < -0.4 is 5.73 Å². The van der Waals surface area contributed by atoms with Crippen LogP contribution in [0.3, 0.4) is 0 Å². The molecule has 0 saturated carbocycles. The van der Waals surface area contributed by atoms with Crippen molar-refractivity contribution in [1.29, 1.82) is 0 Å². The van der Waals surface area contributed by atoms with Gasteiger partial charge in [-0.25, -0.2) is 9.37 Å². The molecule has 1 aromatic carbocycles. The van der Waals surface area contributed by atoms with Crippen LogP contribution >= 0.6 is 11.8 Å². The number of hydrogen-bond acceptors (Lipinski definition) is 4. The smallest absolute Gasteiger partial charge is 0.261 e. The van der Waals surface area contributed by atoms with Crippen LogP contribution in [-0.4, -0.2) is 11.5 Å². The highest BCUT2D eigenvalue weighted by Crippen LogP contribution is 2.31. The third-order valence-corrected chi connectivity index (χ3v) is 3.61. The van der Waals surface area contributed by atoms with Crippen molar-refractivity contribution in [2.45, 2.75) is 30.4 Å². The molecular weight excluding hydrogens is 251 g/mol. The third kappa shape index (κ3) is 2.91. The van der Waals surface area contributed by atoms with Crippen molar-refractivity contribution in [2.75, 3.05) is 6.54 Å². The van der Waals surface area contributed by atoms with Crippen molar-refractivity contribution in [2.24, 2.45) is 5.73 Å². The highest BCUT2D eigenvalue weighted by molar-refractivity contribution is 7.99. The van der Waals surface area contributed by atoms with Crippen LogP contribution in [0.5, 0.6) is 0 Å². The number of hydrogen-bond donors (Lipinski definition) is 1. The van der Waals surface area contributed by atoms with Gasteiger partial charge in [-0.3, -0.25) is 0 Å². The maximum absolute atomic E-state index is 13.2. The zero-order valence-corrected chi connectivity index (χ0v) is 11.2. The zero-order chi connectivity index (χ0) is 13.1. The second kappa shape index (κ2) is 5.54. The van der Waals surface area contributed by atoms with E-state index >= 15 is 0 Å². The monoisotopic (exact) mass is 266 g/mol. The Bertz CT molecular complexity index is 534. The normalized spacial score (nSPS) is 10.9. The van der Waals surface area contributed by atoms with Gasteiger partial charge in [0, 0.05) is 4.90 Å². The molecule has 2 aromatic rings. The summed E-state index contributed by atoms with van der Waals surface area (Å²) in [6.07, 6.45) is 0.638. The molecule has 0 amide bonds. The van der Waals surface area contributed by atoms with Gasteiger partial charge < -0.3 is 10.2 Å². The van der Waals surface area contributed by atoms with E-state index in [0.29, 0.717) is 18.2 Å². The Balaban J connectivity index is 2.27. The average Bonchev–Trinajstić information content (AvgIpc) is 2.62. The molecule has 2 N–H and O–H groups in total. The SMILES string of the molecule is Cc1nc(Sc2ccc(F)cc2CCN)oc1C. The van der Waals surface area contributed by atoms with Crippen molar-refractivity contribution in [3.8, 4) is 0 Å². The minimum atomic E-state index is -0.248. The van der Waals surface area contributed by atoms with Gasteiger partial charge in [-0.15, -0.1) is 0 Å². The number of nitrogens with two attached hydrogens (primary N) is 1. The summed E-state index contributed by atoms with van der Waals surface area (Å²) in [6, 6.07) is 4.68. The minimum Gasteiger partial charge on any atom is -0.436 e. The summed E-state index contributed by atoms with van der Waals surface area (Å²) in [4.78, 5) is 5.23. The number of aromatic nitrogens is 1. The average molecular weight is 266 g/mol. The van der Waals surface area contributed by atoms with Gasteiger partial charge in [0.15, 0.2) is 0 Å². The van der Waals surface area contributed by atoms with Gasteiger partial charge in [-0.05, 0) is 62.3 Å². The molecule has 0 fully saturated rings. The molecule has 0 aliphatic rings. The number of nitrogens with zero attached hydrogens (tertiary/aromatic N) is 1. The zero-order valence-electron chi connectivity index (χ0n) is 10.4. The van der Waals surface area contributed by atoms with E-state index in [-0.39, 0.29) is 5.82 Å². The van der Waals surface area contributed by atoms with E-state index in [1.54, 1.807) is 6.07 Å². The van der Waals surface area contributed by atoms with E-state index in [2.05, 4.69) is 4.98 Å². The first-order chi connectivity index (χ1) is 8.60. The van der Waals surface area contributed by atoms with Crippen LogP contribution in [0.15, 0.2) is 32.7 Å². The number of rotatable bonds is 4. The van der Waals surface area contributed by atoms with Gasteiger partial charge in [-0.2, -0.15) is 0 Å². The van der Waals surface area contributed by atoms with Gasteiger partial charge in [0.25, 0.3) is 5.22 Å². The molecule has 0 unspecified atom stereocenters. The molecule has 0 saturated heterocycles. The molecule has 96 valence electrons. The summed E-state index contributed by atoms with van der Waals surface area (Å²) >= 11 is 1.40. The second-order valence-corrected chi connectivity index (χ2v) is 5.01. The predicted molar refractivity (Wildman–Crippen MR) is 69.3 cm³/mol. The van der Waals surface area contributed by atoms with E-state index in [0.717, 1.165) is 21.9 Å². The molecule has 1 heterocycles. The fourth-order valence-corrected chi connectivity index (χ4v) is 2.55. The Kier molecular flexibility index (Phi) is 4.04. The van der Waals surface area contributed by atoms with Gasteiger partial charge in [0.2, 0.25) is 0 Å². The summed E-state index contributed by atoms with van der Waals surface area (Å²) < 4.78 is 18.7. The standard InChI is InChI=1S/C13H15FN2OS/c1-8-9(2)17-13(16-8)18-12-4-3-11(14)7-10(12)5-6-15/h3-4,7H,5-6,15H2,1-2H3. The highest BCUT2D eigenvalue weighted by Gasteiger charge is 2.11. The van der Waals surface area contributed by atoms with Crippen molar-refractivity contribution in [1.82, 2.24) is 4.98 Å². The van der Waals surface area contributed by atoms with Crippen LogP contribution in [0.2, 0.25) is 0 Å². The van der Waals surface area contributed by atoms with Crippen molar-refractivity contribution < 1.29 is 8.81 Å². The molecule has 0 radical (unpaired) electrons. The second-order valence-electron chi connectivity index (χ2n) is 4.01. The Morgan fingerprint density at radius 1 is 1.39 bits per heavy atom. The third-order valence-electron chi connectivity index (χ3n) is 2.64. The molecule has 5 heteroatoms. The molecule has 3 nitrogen and oxygen atoms in total. The van der Waals surface area contributed by atoms with Crippen LogP contribution in [0.4, 0.5) is 4.39 Å². The maximum Gasteiger partial charge on any atom is 0.261 e. The van der Waals surface area contributed by atoms with Crippen LogP contribution in [0, 0.1) is 19.7 Å². The van der Waals surface area contributed by atoms with Gasteiger partial charge in [0.05, 0.1) is 5.69 Å². The van der Waals surface area contributed by atoms with E-state index < -0.39 is 0 Å². The predicted octanol–water partition coefficient (Wildman–Crippen LogP) is 3.08. The van der Waals surface area contributed by atoms with Crippen LogP contribution in [-0.2, 0) is 6.42 Å². The summed E-state index contributed by atoms with van der Waals surface area (Å²) in [5, 5.41) is 0.579. The van der Waals surface area contributed by atoms with Crippen molar-refractivity contribution in [3.05, 3.63) is 41.0 Å². The summed E-state index contributed by atoms with van der Waals surface area (Å²) in [7, 11) is 0. The number of benzene rings is 1. The topological polar surface area (TPSA) is 52.0 Å². The lowest BCUT2D eigenvalue weighted by Crippen LogP contribution is -2.04. The highest BCUT2D eigenvalue weighted by atomic mass is 32.2. The largest absolute Gasteiger partial charge is 0.436 e. The molecule has 0 bridgehead atoms. The Hall–Kier alpha value is -1.33. The molecule has 0 atom stereocenters. The molecule has 0 aliphatic heterocycles.